The molecule has 0 radical (unpaired) electrons. The molecular weight excluding hydrogens is 488 g/mol. The number of ether oxygens (including phenoxy) is 1. The molecule has 0 fully saturated rings. The van der Waals surface area contributed by atoms with Crippen molar-refractivity contribution in [1.29, 1.82) is 0 Å². The summed E-state index contributed by atoms with van der Waals surface area (Å²) in [6, 6.07) is 22.8. The van der Waals surface area contributed by atoms with Crippen molar-refractivity contribution < 1.29 is 23.1 Å². The van der Waals surface area contributed by atoms with E-state index in [0.29, 0.717) is 18.7 Å². The zero-order valence-corrected chi connectivity index (χ0v) is 22.4. The van der Waals surface area contributed by atoms with Gasteiger partial charge in [0.05, 0.1) is 23.5 Å². The number of benzene rings is 3. The maximum atomic E-state index is 12.7. The van der Waals surface area contributed by atoms with Crippen molar-refractivity contribution in [3.8, 4) is 16.9 Å². The highest BCUT2D eigenvalue weighted by Crippen LogP contribution is 2.29. The number of carbonyl (C=O) groups excluding carboxylic acids is 1. The Morgan fingerprint density at radius 1 is 0.973 bits per heavy atom. The number of aliphatic hydroxyl groups excluding tert-OH is 1. The van der Waals surface area contributed by atoms with Crippen LogP contribution >= 0.6 is 0 Å². The first-order chi connectivity index (χ1) is 17.7. The minimum absolute atomic E-state index is 0.118. The highest BCUT2D eigenvalue weighted by Gasteiger charge is 2.20. The third kappa shape index (κ3) is 8.70. The van der Waals surface area contributed by atoms with Crippen LogP contribution in [0, 0.1) is 0 Å². The highest BCUT2D eigenvalue weighted by molar-refractivity contribution is 7.90. The normalized spacial score (nSPS) is 12.4. The summed E-state index contributed by atoms with van der Waals surface area (Å²) in [6.07, 6.45) is 0.500. The third-order valence-corrected chi connectivity index (χ3v) is 7.15. The van der Waals surface area contributed by atoms with Crippen LogP contribution in [0.4, 0.5) is 0 Å². The van der Waals surface area contributed by atoms with Crippen LogP contribution in [-0.2, 0) is 16.4 Å². The summed E-state index contributed by atoms with van der Waals surface area (Å²) in [5.41, 5.74) is 4.04. The molecule has 0 saturated heterocycles. The number of carbonyl (C=O) groups is 1. The fourth-order valence-corrected chi connectivity index (χ4v) is 4.92. The molecule has 1 amide bonds. The smallest absolute Gasteiger partial charge is 0.268 e. The van der Waals surface area contributed by atoms with Crippen molar-refractivity contribution >= 4 is 15.9 Å². The number of hydrogen-bond acceptors (Lipinski definition) is 6. The molecule has 3 aromatic rings. The van der Waals surface area contributed by atoms with E-state index in [4.69, 9.17) is 4.74 Å². The van der Waals surface area contributed by atoms with Gasteiger partial charge in [0.15, 0.2) is 0 Å². The van der Waals surface area contributed by atoms with Crippen LogP contribution in [0.5, 0.6) is 5.75 Å². The van der Waals surface area contributed by atoms with Gasteiger partial charge in [0, 0.05) is 6.54 Å². The van der Waals surface area contributed by atoms with Gasteiger partial charge < -0.3 is 15.2 Å². The predicted molar refractivity (Wildman–Crippen MR) is 147 cm³/mol. The maximum absolute atomic E-state index is 12.7. The lowest BCUT2D eigenvalue weighted by atomic mass is 10.0. The number of aliphatic hydroxyl groups is 1. The Balaban J connectivity index is 1.64. The standard InChI is InChI=1S/C29H36N2O5S/c1-4-18-37(34,35)31-29(33)26-15-14-25(19-28(26)36-21(2)3)23-12-10-22(11-13-23)16-17-30-20-27(32)24-8-6-5-7-9-24/h5-15,19,21,27,30,32H,4,16-18,20H2,1-3H3,(H,31,33)/t27-/m1/s1. The first-order valence-electron chi connectivity index (χ1n) is 12.6. The van der Waals surface area contributed by atoms with E-state index in [1.807, 2.05) is 68.4 Å². The van der Waals surface area contributed by atoms with Gasteiger partial charge in [-0.25, -0.2) is 13.1 Å². The summed E-state index contributed by atoms with van der Waals surface area (Å²) < 4.78 is 32.1. The highest BCUT2D eigenvalue weighted by atomic mass is 32.2. The number of rotatable bonds is 13. The lowest BCUT2D eigenvalue weighted by Gasteiger charge is -2.16. The number of nitrogens with one attached hydrogen (secondary N) is 2. The van der Waals surface area contributed by atoms with Crippen molar-refractivity contribution in [2.45, 2.75) is 45.8 Å². The summed E-state index contributed by atoms with van der Waals surface area (Å²) in [5.74, 6) is -0.482. The Bertz CT molecular complexity index is 1260. The maximum Gasteiger partial charge on any atom is 0.268 e. The van der Waals surface area contributed by atoms with Gasteiger partial charge in [0.25, 0.3) is 5.91 Å². The van der Waals surface area contributed by atoms with Crippen LogP contribution < -0.4 is 14.8 Å². The van der Waals surface area contributed by atoms with Gasteiger partial charge in [-0.2, -0.15) is 0 Å². The van der Waals surface area contributed by atoms with Gasteiger partial charge in [-0.3, -0.25) is 4.79 Å². The fraction of sp³-hybridized carbons (Fsp3) is 0.345. The van der Waals surface area contributed by atoms with E-state index in [1.165, 1.54) is 0 Å². The minimum atomic E-state index is -3.69. The largest absolute Gasteiger partial charge is 0.490 e. The van der Waals surface area contributed by atoms with Crippen molar-refractivity contribution in [1.82, 2.24) is 10.0 Å². The van der Waals surface area contributed by atoms with Crippen LogP contribution in [0.3, 0.4) is 0 Å². The van der Waals surface area contributed by atoms with Crippen LogP contribution in [-0.4, -0.2) is 44.4 Å². The molecule has 3 aromatic carbocycles. The summed E-state index contributed by atoms with van der Waals surface area (Å²) >= 11 is 0. The zero-order valence-electron chi connectivity index (χ0n) is 21.6. The molecule has 0 aliphatic carbocycles. The molecule has 8 heteroatoms. The van der Waals surface area contributed by atoms with Crippen LogP contribution in [0.25, 0.3) is 11.1 Å². The summed E-state index contributed by atoms with van der Waals surface area (Å²) in [6.45, 7) is 6.67. The molecule has 0 aromatic heterocycles. The SMILES string of the molecule is CCCS(=O)(=O)NC(=O)c1ccc(-c2ccc(CCNC[C@@H](O)c3ccccc3)cc2)cc1OC(C)C. The first-order valence-corrected chi connectivity index (χ1v) is 14.2. The molecule has 3 rings (SSSR count). The van der Waals surface area contributed by atoms with E-state index < -0.39 is 22.0 Å². The molecule has 0 bridgehead atoms. The predicted octanol–water partition coefficient (Wildman–Crippen LogP) is 4.48. The van der Waals surface area contributed by atoms with Crippen molar-refractivity contribution in [2.75, 3.05) is 18.8 Å². The van der Waals surface area contributed by atoms with Crippen LogP contribution in [0.1, 0.15) is 54.8 Å². The Morgan fingerprint density at radius 2 is 1.65 bits per heavy atom. The Hall–Kier alpha value is -3.20. The second kappa shape index (κ2) is 13.4. The van der Waals surface area contributed by atoms with Crippen LogP contribution in [0.15, 0.2) is 72.8 Å². The van der Waals surface area contributed by atoms with Crippen molar-refractivity contribution in [3.63, 3.8) is 0 Å². The van der Waals surface area contributed by atoms with E-state index in [9.17, 15) is 18.3 Å². The van der Waals surface area contributed by atoms with Gasteiger partial charge in [0.1, 0.15) is 5.75 Å². The Labute approximate surface area is 219 Å². The van der Waals surface area contributed by atoms with Crippen molar-refractivity contribution in [3.05, 3.63) is 89.5 Å². The van der Waals surface area contributed by atoms with E-state index in [-0.39, 0.29) is 17.4 Å². The second-order valence-electron chi connectivity index (χ2n) is 9.21. The molecule has 0 aliphatic heterocycles. The van der Waals surface area contributed by atoms with Gasteiger partial charge in [-0.05, 0) is 67.6 Å². The van der Waals surface area contributed by atoms with E-state index >= 15 is 0 Å². The monoisotopic (exact) mass is 524 g/mol. The second-order valence-corrected chi connectivity index (χ2v) is 11.0. The third-order valence-electron chi connectivity index (χ3n) is 5.71. The molecule has 37 heavy (non-hydrogen) atoms. The molecular formula is C29H36N2O5S. The molecule has 198 valence electrons. The number of amides is 1. The van der Waals surface area contributed by atoms with E-state index in [1.54, 1.807) is 25.1 Å². The lowest BCUT2D eigenvalue weighted by Crippen LogP contribution is -2.32. The average molecular weight is 525 g/mol. The Morgan fingerprint density at radius 3 is 2.30 bits per heavy atom. The lowest BCUT2D eigenvalue weighted by molar-refractivity contribution is 0.0975. The molecule has 0 spiro atoms. The molecule has 1 atom stereocenters. The molecule has 0 saturated carbocycles. The summed E-state index contributed by atoms with van der Waals surface area (Å²) in [7, 11) is -3.69. The van der Waals surface area contributed by atoms with Gasteiger partial charge in [0.2, 0.25) is 10.0 Å². The van der Waals surface area contributed by atoms with E-state index in [0.717, 1.165) is 35.2 Å². The molecule has 0 aliphatic rings. The molecule has 0 unspecified atom stereocenters. The zero-order chi connectivity index (χ0) is 26.8. The molecule has 7 nitrogen and oxygen atoms in total. The summed E-state index contributed by atoms with van der Waals surface area (Å²) in [5, 5.41) is 13.6. The summed E-state index contributed by atoms with van der Waals surface area (Å²) in [4.78, 5) is 12.7. The van der Waals surface area contributed by atoms with Gasteiger partial charge in [-0.15, -0.1) is 0 Å². The topological polar surface area (TPSA) is 105 Å². The number of hydrogen-bond donors (Lipinski definition) is 3. The van der Waals surface area contributed by atoms with Crippen molar-refractivity contribution in [2.24, 2.45) is 0 Å². The Kier molecular flexibility index (Phi) is 10.3. The fourth-order valence-electron chi connectivity index (χ4n) is 3.89. The minimum Gasteiger partial charge on any atom is -0.490 e. The van der Waals surface area contributed by atoms with E-state index in [2.05, 4.69) is 10.0 Å². The molecule has 0 heterocycles. The first kappa shape index (κ1) is 28.4. The van der Waals surface area contributed by atoms with Gasteiger partial charge >= 0.3 is 0 Å². The average Bonchev–Trinajstić information content (AvgIpc) is 2.86. The molecule has 3 N–H and O–H groups in total. The van der Waals surface area contributed by atoms with Gasteiger partial charge in [-0.1, -0.05) is 67.6 Å². The quantitative estimate of drug-likeness (QED) is 0.285. The number of sulfonamides is 1. The van der Waals surface area contributed by atoms with Crippen LogP contribution in [0.2, 0.25) is 0 Å².